The molecule has 0 radical (unpaired) electrons. The van der Waals surface area contributed by atoms with Crippen LogP contribution in [0.4, 0.5) is 11.4 Å². The molecule has 1 heterocycles. The minimum atomic E-state index is -3.84. The van der Waals surface area contributed by atoms with Crippen LogP contribution < -0.4 is 19.1 Å². The third kappa shape index (κ3) is 5.13. The Morgan fingerprint density at radius 1 is 1.24 bits per heavy atom. The molecule has 2 aromatic carbocycles. The van der Waals surface area contributed by atoms with Crippen molar-refractivity contribution >= 4 is 27.3 Å². The van der Waals surface area contributed by atoms with Crippen LogP contribution in [0, 0.1) is 10.1 Å². The molecule has 1 aliphatic heterocycles. The maximum absolute atomic E-state index is 12.3. The highest BCUT2D eigenvalue weighted by atomic mass is 32.2. The second kappa shape index (κ2) is 8.35. The number of nitrogens with zero attached hydrogens (tertiary/aromatic N) is 2. The normalized spacial score (nSPS) is 15.4. The molecular weight excluding hydrogens is 402 g/mol. The number of anilines is 1. The minimum absolute atomic E-state index is 0.0306. The first-order chi connectivity index (χ1) is 13.7. The standard InChI is InChI=1S/C18H19N3O7S/c1-29(25,26)20(13-5-4-6-14(9-13)21(23)24)11-18(22)19-10-15-12-27-16-7-2-3-8-17(16)28-15/h2-9,15H,10-12H2,1H3,(H,19,22)/t15-/m0/s1. The van der Waals surface area contributed by atoms with Crippen LogP contribution in [0.1, 0.15) is 0 Å². The lowest BCUT2D eigenvalue weighted by atomic mass is 10.2. The molecule has 2 aromatic rings. The van der Waals surface area contributed by atoms with E-state index in [0.29, 0.717) is 11.5 Å². The van der Waals surface area contributed by atoms with Crippen LogP contribution in [0.5, 0.6) is 11.5 Å². The number of carbonyl (C=O) groups is 1. The van der Waals surface area contributed by atoms with Crippen molar-refractivity contribution in [3.05, 3.63) is 58.6 Å². The molecule has 1 atom stereocenters. The number of non-ortho nitro benzene ring substituents is 1. The highest BCUT2D eigenvalue weighted by Crippen LogP contribution is 2.30. The van der Waals surface area contributed by atoms with Crippen molar-refractivity contribution in [2.75, 3.05) is 30.3 Å². The maximum atomic E-state index is 12.3. The van der Waals surface area contributed by atoms with Crippen molar-refractivity contribution in [1.82, 2.24) is 5.32 Å². The molecule has 11 heteroatoms. The van der Waals surface area contributed by atoms with E-state index in [1.165, 1.54) is 18.2 Å². The zero-order valence-electron chi connectivity index (χ0n) is 15.5. The fourth-order valence-corrected chi connectivity index (χ4v) is 3.59. The minimum Gasteiger partial charge on any atom is -0.486 e. The number of nitro groups is 1. The van der Waals surface area contributed by atoms with Gasteiger partial charge in [-0.25, -0.2) is 8.42 Å². The van der Waals surface area contributed by atoms with E-state index in [1.807, 2.05) is 6.07 Å². The molecule has 1 aliphatic rings. The number of carbonyl (C=O) groups excluding carboxylic acids is 1. The van der Waals surface area contributed by atoms with Crippen LogP contribution in [0.15, 0.2) is 48.5 Å². The first kappa shape index (κ1) is 20.4. The van der Waals surface area contributed by atoms with E-state index < -0.39 is 33.5 Å². The van der Waals surface area contributed by atoms with Gasteiger partial charge in [-0.05, 0) is 18.2 Å². The van der Waals surface area contributed by atoms with E-state index in [0.717, 1.165) is 16.6 Å². The molecule has 0 bridgehead atoms. The lowest BCUT2D eigenvalue weighted by Crippen LogP contribution is -2.45. The Morgan fingerprint density at radius 3 is 2.66 bits per heavy atom. The molecule has 3 rings (SSSR count). The van der Waals surface area contributed by atoms with E-state index in [2.05, 4.69) is 5.32 Å². The highest BCUT2D eigenvalue weighted by Gasteiger charge is 2.25. The van der Waals surface area contributed by atoms with Crippen LogP contribution in [0.2, 0.25) is 0 Å². The summed E-state index contributed by atoms with van der Waals surface area (Å²) < 4.78 is 36.4. The van der Waals surface area contributed by atoms with Gasteiger partial charge in [0.1, 0.15) is 19.3 Å². The first-order valence-corrected chi connectivity index (χ1v) is 10.5. The number of sulfonamides is 1. The third-order valence-corrected chi connectivity index (χ3v) is 5.25. The Kier molecular flexibility index (Phi) is 5.87. The molecule has 0 unspecified atom stereocenters. The molecular formula is C18H19N3O7S. The molecule has 154 valence electrons. The highest BCUT2D eigenvalue weighted by molar-refractivity contribution is 7.92. The van der Waals surface area contributed by atoms with Gasteiger partial charge >= 0.3 is 0 Å². The number of fused-ring (bicyclic) bond motifs is 1. The molecule has 29 heavy (non-hydrogen) atoms. The zero-order valence-corrected chi connectivity index (χ0v) is 16.3. The SMILES string of the molecule is CS(=O)(=O)N(CC(=O)NC[C@H]1COc2ccccc2O1)c1cccc([N+](=O)[O-])c1. The number of ether oxygens (including phenoxy) is 2. The van der Waals surface area contributed by atoms with Gasteiger partial charge in [0.15, 0.2) is 11.5 Å². The van der Waals surface area contributed by atoms with Gasteiger partial charge in [0.05, 0.1) is 23.4 Å². The number of nitrogens with one attached hydrogen (secondary N) is 1. The average molecular weight is 421 g/mol. The Balaban J connectivity index is 1.64. The molecule has 0 spiro atoms. The third-order valence-electron chi connectivity index (χ3n) is 4.11. The Bertz CT molecular complexity index is 1030. The van der Waals surface area contributed by atoms with Gasteiger partial charge in [-0.15, -0.1) is 0 Å². The quantitative estimate of drug-likeness (QED) is 0.527. The Labute approximate surface area is 167 Å². The van der Waals surface area contributed by atoms with Crippen molar-refractivity contribution in [3.63, 3.8) is 0 Å². The summed E-state index contributed by atoms with van der Waals surface area (Å²) in [6.45, 7) is -0.179. The van der Waals surface area contributed by atoms with E-state index in [-0.39, 0.29) is 24.5 Å². The van der Waals surface area contributed by atoms with Crippen LogP contribution in [-0.4, -0.2) is 51.3 Å². The topological polar surface area (TPSA) is 128 Å². The Morgan fingerprint density at radius 2 is 1.97 bits per heavy atom. The number of hydrogen-bond acceptors (Lipinski definition) is 7. The summed E-state index contributed by atoms with van der Waals surface area (Å²) in [5, 5.41) is 13.6. The molecule has 10 nitrogen and oxygen atoms in total. The van der Waals surface area contributed by atoms with Crippen LogP contribution in [-0.2, 0) is 14.8 Å². The molecule has 1 amide bonds. The lowest BCUT2D eigenvalue weighted by Gasteiger charge is -2.27. The van der Waals surface area contributed by atoms with Gasteiger partial charge in [-0.2, -0.15) is 0 Å². The fourth-order valence-electron chi connectivity index (χ4n) is 2.74. The van der Waals surface area contributed by atoms with E-state index in [4.69, 9.17) is 9.47 Å². The monoisotopic (exact) mass is 421 g/mol. The number of para-hydroxylation sites is 2. The largest absolute Gasteiger partial charge is 0.486 e. The van der Waals surface area contributed by atoms with Crippen LogP contribution in [0.3, 0.4) is 0 Å². The maximum Gasteiger partial charge on any atom is 0.271 e. The summed E-state index contributed by atoms with van der Waals surface area (Å²) in [5.74, 6) is 0.598. The van der Waals surface area contributed by atoms with Gasteiger partial charge < -0.3 is 14.8 Å². The van der Waals surface area contributed by atoms with Crippen molar-refractivity contribution in [2.24, 2.45) is 0 Å². The summed E-state index contributed by atoms with van der Waals surface area (Å²) in [4.78, 5) is 22.6. The van der Waals surface area contributed by atoms with Crippen molar-refractivity contribution in [1.29, 1.82) is 0 Å². The summed E-state index contributed by atoms with van der Waals surface area (Å²) in [6, 6.07) is 12.2. The predicted molar refractivity (Wildman–Crippen MR) is 105 cm³/mol. The molecule has 0 saturated carbocycles. The fraction of sp³-hybridized carbons (Fsp3) is 0.278. The molecule has 0 saturated heterocycles. The second-order valence-corrected chi connectivity index (χ2v) is 8.26. The summed E-state index contributed by atoms with van der Waals surface area (Å²) in [7, 11) is -3.84. The molecule has 0 aromatic heterocycles. The molecule has 0 aliphatic carbocycles. The van der Waals surface area contributed by atoms with Gasteiger partial charge in [0.25, 0.3) is 5.69 Å². The van der Waals surface area contributed by atoms with E-state index >= 15 is 0 Å². The molecule has 1 N–H and O–H groups in total. The smallest absolute Gasteiger partial charge is 0.271 e. The second-order valence-electron chi connectivity index (χ2n) is 6.35. The predicted octanol–water partition coefficient (Wildman–Crippen LogP) is 1.32. The Hall–Kier alpha value is -3.34. The van der Waals surface area contributed by atoms with E-state index in [1.54, 1.807) is 18.2 Å². The molecule has 0 fully saturated rings. The summed E-state index contributed by atoms with van der Waals surface area (Å²) >= 11 is 0. The van der Waals surface area contributed by atoms with Crippen LogP contribution >= 0.6 is 0 Å². The number of amides is 1. The number of nitro benzene ring substituents is 1. The summed E-state index contributed by atoms with van der Waals surface area (Å²) in [6.07, 6.45) is 0.493. The van der Waals surface area contributed by atoms with E-state index in [9.17, 15) is 23.3 Å². The lowest BCUT2D eigenvalue weighted by molar-refractivity contribution is -0.384. The van der Waals surface area contributed by atoms with Crippen molar-refractivity contribution in [3.8, 4) is 11.5 Å². The number of benzene rings is 2. The average Bonchev–Trinajstić information content (AvgIpc) is 2.69. The first-order valence-electron chi connectivity index (χ1n) is 8.61. The van der Waals surface area contributed by atoms with Gasteiger partial charge in [0.2, 0.25) is 15.9 Å². The number of rotatable bonds is 7. The van der Waals surface area contributed by atoms with Gasteiger partial charge in [0, 0.05) is 12.1 Å². The summed E-state index contributed by atoms with van der Waals surface area (Å²) in [5.41, 5.74) is -0.244. The van der Waals surface area contributed by atoms with Crippen molar-refractivity contribution in [2.45, 2.75) is 6.10 Å². The van der Waals surface area contributed by atoms with Gasteiger partial charge in [-0.3, -0.25) is 19.2 Å². The zero-order chi connectivity index (χ0) is 21.0. The van der Waals surface area contributed by atoms with Gasteiger partial charge in [-0.1, -0.05) is 18.2 Å². The van der Waals surface area contributed by atoms with Crippen molar-refractivity contribution < 1.29 is 27.6 Å². The van der Waals surface area contributed by atoms with Crippen LogP contribution in [0.25, 0.3) is 0 Å². The number of hydrogen-bond donors (Lipinski definition) is 1.